The fraction of sp³-hybridized carbons (Fsp3) is 0.269. The molecule has 5 heteroatoms. The molecule has 0 aromatic heterocycles. The number of carbonyl (C=O) groups excluding carboxylic acids is 1. The van der Waals surface area contributed by atoms with Crippen LogP contribution in [-0.4, -0.2) is 30.4 Å². The Balaban J connectivity index is 1.64. The minimum absolute atomic E-state index is 0.00172. The Morgan fingerprint density at radius 1 is 0.968 bits per heavy atom. The quantitative estimate of drug-likeness (QED) is 0.451. The van der Waals surface area contributed by atoms with Gasteiger partial charge in [-0.3, -0.25) is 4.79 Å². The number of hydrogen-bond acceptors (Lipinski definition) is 2. The summed E-state index contributed by atoms with van der Waals surface area (Å²) in [4.78, 5) is 17.6. The first kappa shape index (κ1) is 21.7. The summed E-state index contributed by atoms with van der Waals surface area (Å²) in [5.41, 5.74) is 4.28. The Hall–Kier alpha value is -2.49. The maximum absolute atomic E-state index is 13.3. The number of aryl methyl sites for hydroxylation is 1. The van der Waals surface area contributed by atoms with Crippen LogP contribution in [0, 0.1) is 6.92 Å². The van der Waals surface area contributed by atoms with Crippen molar-refractivity contribution in [2.24, 2.45) is 0 Å². The van der Waals surface area contributed by atoms with Gasteiger partial charge in [0.1, 0.15) is 0 Å². The predicted molar refractivity (Wildman–Crippen MR) is 129 cm³/mol. The highest BCUT2D eigenvalue weighted by atomic mass is 35.5. The lowest BCUT2D eigenvalue weighted by Gasteiger charge is -2.44. The Bertz CT molecular complexity index is 1050. The lowest BCUT2D eigenvalue weighted by Crippen LogP contribution is -2.51. The number of rotatable bonds is 4. The average molecular weight is 453 g/mol. The van der Waals surface area contributed by atoms with Crippen LogP contribution < -0.4 is 4.90 Å². The van der Waals surface area contributed by atoms with E-state index >= 15 is 0 Å². The molecule has 3 aromatic rings. The summed E-state index contributed by atoms with van der Waals surface area (Å²) >= 11 is 12.8. The number of piperazine rings is 1. The van der Waals surface area contributed by atoms with Crippen molar-refractivity contribution in [1.29, 1.82) is 0 Å². The van der Waals surface area contributed by atoms with Crippen molar-refractivity contribution in [3.05, 3.63) is 99.5 Å². The molecular weight excluding hydrogens is 427 g/mol. The summed E-state index contributed by atoms with van der Waals surface area (Å²) in [6.45, 7) is 5.99. The van der Waals surface area contributed by atoms with Gasteiger partial charge < -0.3 is 9.80 Å². The SMILES string of the molecule is Cc1ccc(N2CCN(C(=O)[C@@H](C)c3ccccc3)CC2c2ccc(Cl)cc2)c(Cl)c1. The fourth-order valence-corrected chi connectivity index (χ4v) is 4.71. The molecule has 1 aliphatic heterocycles. The van der Waals surface area contributed by atoms with Crippen LogP contribution >= 0.6 is 23.2 Å². The van der Waals surface area contributed by atoms with Crippen LogP contribution in [0.4, 0.5) is 5.69 Å². The number of halogens is 2. The van der Waals surface area contributed by atoms with Crippen molar-refractivity contribution in [3.63, 3.8) is 0 Å². The second kappa shape index (κ2) is 9.33. The van der Waals surface area contributed by atoms with Gasteiger partial charge in [-0.2, -0.15) is 0 Å². The van der Waals surface area contributed by atoms with Crippen LogP contribution in [0.2, 0.25) is 10.0 Å². The molecule has 0 radical (unpaired) electrons. The molecular formula is C26H26Cl2N2O. The van der Waals surface area contributed by atoms with E-state index in [1.54, 1.807) is 0 Å². The molecule has 2 atom stereocenters. The van der Waals surface area contributed by atoms with Gasteiger partial charge in [-0.05, 0) is 54.8 Å². The Kier molecular flexibility index (Phi) is 6.54. The molecule has 4 rings (SSSR count). The van der Waals surface area contributed by atoms with Gasteiger partial charge in [0.25, 0.3) is 0 Å². The number of anilines is 1. The van der Waals surface area contributed by atoms with Crippen LogP contribution in [0.5, 0.6) is 0 Å². The van der Waals surface area contributed by atoms with Gasteiger partial charge in [-0.25, -0.2) is 0 Å². The molecule has 1 unspecified atom stereocenters. The topological polar surface area (TPSA) is 23.6 Å². The van der Waals surface area contributed by atoms with Gasteiger partial charge >= 0.3 is 0 Å². The molecule has 1 amide bonds. The summed E-state index contributed by atoms with van der Waals surface area (Å²) < 4.78 is 0. The normalized spacial score (nSPS) is 17.5. The first-order chi connectivity index (χ1) is 14.9. The second-order valence-electron chi connectivity index (χ2n) is 8.13. The molecule has 0 spiro atoms. The van der Waals surface area contributed by atoms with E-state index in [0.29, 0.717) is 24.7 Å². The van der Waals surface area contributed by atoms with E-state index < -0.39 is 0 Å². The first-order valence-corrected chi connectivity index (χ1v) is 11.3. The van der Waals surface area contributed by atoms with E-state index in [9.17, 15) is 4.79 Å². The van der Waals surface area contributed by atoms with Crippen molar-refractivity contribution >= 4 is 34.8 Å². The zero-order valence-corrected chi connectivity index (χ0v) is 19.3. The van der Waals surface area contributed by atoms with Gasteiger partial charge in [0.2, 0.25) is 5.91 Å². The highest BCUT2D eigenvalue weighted by molar-refractivity contribution is 6.33. The van der Waals surface area contributed by atoms with Gasteiger partial charge in [0.05, 0.1) is 22.7 Å². The van der Waals surface area contributed by atoms with E-state index in [4.69, 9.17) is 23.2 Å². The minimum atomic E-state index is -0.179. The summed E-state index contributed by atoms with van der Waals surface area (Å²) in [5.74, 6) is -0.0265. The van der Waals surface area contributed by atoms with Gasteiger partial charge in [-0.15, -0.1) is 0 Å². The molecule has 1 fully saturated rings. The highest BCUT2D eigenvalue weighted by Gasteiger charge is 2.33. The maximum atomic E-state index is 13.3. The lowest BCUT2D eigenvalue weighted by atomic mass is 9.97. The summed E-state index contributed by atoms with van der Waals surface area (Å²) in [7, 11) is 0. The number of hydrogen-bond donors (Lipinski definition) is 0. The molecule has 0 aliphatic carbocycles. The van der Waals surface area contributed by atoms with E-state index in [-0.39, 0.29) is 17.9 Å². The second-order valence-corrected chi connectivity index (χ2v) is 8.98. The standard InChI is InChI=1S/C26H26Cl2N2O/c1-18-8-13-24(23(28)16-18)30-15-14-29(17-25(30)21-9-11-22(27)12-10-21)26(31)19(2)20-6-4-3-5-7-20/h3-13,16,19,25H,14-15,17H2,1-2H3/t19-,25?/m0/s1. The zero-order valence-electron chi connectivity index (χ0n) is 17.8. The van der Waals surface area contributed by atoms with Crippen molar-refractivity contribution in [2.45, 2.75) is 25.8 Å². The average Bonchev–Trinajstić information content (AvgIpc) is 2.79. The van der Waals surface area contributed by atoms with E-state index in [2.05, 4.69) is 17.0 Å². The summed E-state index contributed by atoms with van der Waals surface area (Å²) in [6, 6.07) is 24.0. The Morgan fingerprint density at radius 3 is 2.35 bits per heavy atom. The molecule has 3 nitrogen and oxygen atoms in total. The molecule has 1 saturated heterocycles. The Morgan fingerprint density at radius 2 is 1.68 bits per heavy atom. The molecule has 0 bridgehead atoms. The lowest BCUT2D eigenvalue weighted by molar-refractivity contribution is -0.133. The zero-order chi connectivity index (χ0) is 22.0. The largest absolute Gasteiger partial charge is 0.360 e. The predicted octanol–water partition coefficient (Wildman–Crippen LogP) is 6.50. The molecule has 3 aromatic carbocycles. The van der Waals surface area contributed by atoms with Gasteiger partial charge in [0.15, 0.2) is 0 Å². The number of nitrogens with zero attached hydrogens (tertiary/aromatic N) is 2. The van der Waals surface area contributed by atoms with Crippen molar-refractivity contribution in [2.75, 3.05) is 24.5 Å². The first-order valence-electron chi connectivity index (χ1n) is 10.6. The number of benzene rings is 3. The molecule has 160 valence electrons. The third-order valence-corrected chi connectivity index (χ3v) is 6.58. The highest BCUT2D eigenvalue weighted by Crippen LogP contribution is 2.36. The third-order valence-electron chi connectivity index (χ3n) is 6.03. The number of amides is 1. The fourth-order valence-electron chi connectivity index (χ4n) is 4.24. The van der Waals surface area contributed by atoms with E-state index in [1.165, 1.54) is 0 Å². The van der Waals surface area contributed by atoms with Crippen molar-refractivity contribution in [3.8, 4) is 0 Å². The van der Waals surface area contributed by atoms with E-state index in [0.717, 1.165) is 27.4 Å². The van der Waals surface area contributed by atoms with E-state index in [1.807, 2.05) is 79.4 Å². The smallest absolute Gasteiger partial charge is 0.229 e. The van der Waals surface area contributed by atoms with Crippen LogP contribution in [0.15, 0.2) is 72.8 Å². The van der Waals surface area contributed by atoms with Crippen molar-refractivity contribution in [1.82, 2.24) is 4.90 Å². The molecule has 0 saturated carbocycles. The maximum Gasteiger partial charge on any atom is 0.229 e. The summed E-state index contributed by atoms with van der Waals surface area (Å²) in [6.07, 6.45) is 0. The van der Waals surface area contributed by atoms with Crippen LogP contribution in [0.3, 0.4) is 0 Å². The minimum Gasteiger partial charge on any atom is -0.360 e. The van der Waals surface area contributed by atoms with Gasteiger partial charge in [0, 0.05) is 24.7 Å². The number of carbonyl (C=O) groups is 1. The summed E-state index contributed by atoms with van der Waals surface area (Å²) in [5, 5.41) is 1.43. The molecule has 1 aliphatic rings. The van der Waals surface area contributed by atoms with Crippen molar-refractivity contribution < 1.29 is 4.79 Å². The third kappa shape index (κ3) is 4.73. The monoisotopic (exact) mass is 452 g/mol. The van der Waals surface area contributed by atoms with Gasteiger partial charge in [-0.1, -0.05) is 71.7 Å². The Labute approximate surface area is 194 Å². The van der Waals surface area contributed by atoms with Crippen LogP contribution in [-0.2, 0) is 4.79 Å². The van der Waals surface area contributed by atoms with Crippen LogP contribution in [0.1, 0.15) is 35.6 Å². The molecule has 1 heterocycles. The molecule has 0 N–H and O–H groups in total. The van der Waals surface area contributed by atoms with Crippen LogP contribution in [0.25, 0.3) is 0 Å². The molecule has 31 heavy (non-hydrogen) atoms.